The van der Waals surface area contributed by atoms with Crippen LogP contribution in [-0.2, 0) is 6.42 Å². The molecule has 0 N–H and O–H groups in total. The van der Waals surface area contributed by atoms with E-state index >= 15 is 0 Å². The summed E-state index contributed by atoms with van der Waals surface area (Å²) in [5.41, 5.74) is 1.41. The number of halogens is 1. The Morgan fingerprint density at radius 3 is 2.21 bits per heavy atom. The van der Waals surface area contributed by atoms with E-state index in [9.17, 15) is 0 Å². The predicted octanol–water partition coefficient (Wildman–Crippen LogP) is 5.36. The molecular formula is C17H25BrO. The van der Waals surface area contributed by atoms with Crippen LogP contribution in [0, 0.1) is 5.92 Å². The normalized spacial score (nSPS) is 19.5. The molecule has 1 saturated carbocycles. The summed E-state index contributed by atoms with van der Waals surface area (Å²) < 4.78 is 5.21. The lowest BCUT2D eigenvalue weighted by Crippen LogP contribution is -2.18. The topological polar surface area (TPSA) is 9.23 Å². The van der Waals surface area contributed by atoms with Gasteiger partial charge in [0, 0.05) is 4.83 Å². The lowest BCUT2D eigenvalue weighted by Gasteiger charge is -2.24. The molecule has 1 unspecified atom stereocenters. The van der Waals surface area contributed by atoms with Crippen LogP contribution in [0.15, 0.2) is 24.3 Å². The van der Waals surface area contributed by atoms with Crippen molar-refractivity contribution >= 4 is 15.9 Å². The monoisotopic (exact) mass is 324 g/mol. The van der Waals surface area contributed by atoms with Gasteiger partial charge in [0.25, 0.3) is 0 Å². The van der Waals surface area contributed by atoms with Crippen molar-refractivity contribution in [1.82, 2.24) is 0 Å². The summed E-state index contributed by atoms with van der Waals surface area (Å²) in [4.78, 5) is 0.624. The van der Waals surface area contributed by atoms with Crippen LogP contribution in [0.3, 0.4) is 0 Å². The van der Waals surface area contributed by atoms with Crippen molar-refractivity contribution in [2.24, 2.45) is 5.92 Å². The molecule has 0 heterocycles. The maximum absolute atomic E-state index is 5.21. The summed E-state index contributed by atoms with van der Waals surface area (Å²) in [6.07, 6.45) is 11.0. The van der Waals surface area contributed by atoms with E-state index in [1.54, 1.807) is 7.11 Å². The Labute approximate surface area is 125 Å². The van der Waals surface area contributed by atoms with Gasteiger partial charge in [0.05, 0.1) is 7.11 Å². The van der Waals surface area contributed by atoms with Crippen molar-refractivity contribution in [2.75, 3.05) is 7.11 Å². The molecule has 106 valence electrons. The average molecular weight is 325 g/mol. The maximum Gasteiger partial charge on any atom is 0.118 e. The van der Waals surface area contributed by atoms with Gasteiger partial charge < -0.3 is 4.74 Å². The highest BCUT2D eigenvalue weighted by Gasteiger charge is 2.19. The van der Waals surface area contributed by atoms with Gasteiger partial charge in [-0.15, -0.1) is 0 Å². The van der Waals surface area contributed by atoms with E-state index in [-0.39, 0.29) is 0 Å². The fourth-order valence-electron chi connectivity index (χ4n) is 3.00. The molecule has 2 rings (SSSR count). The van der Waals surface area contributed by atoms with Gasteiger partial charge in [-0.05, 0) is 42.9 Å². The second kappa shape index (κ2) is 7.94. The third kappa shape index (κ3) is 4.83. The number of rotatable bonds is 4. The van der Waals surface area contributed by atoms with Gasteiger partial charge in [0.1, 0.15) is 5.75 Å². The standard InChI is InChI=1S/C17H25BrO/c1-19-16-11-9-14(10-12-16)13-17(18)15-7-5-3-2-4-6-8-15/h9-12,15,17H,2-8,13H2,1H3. The van der Waals surface area contributed by atoms with Crippen LogP contribution >= 0.6 is 15.9 Å². The molecule has 1 nitrogen and oxygen atoms in total. The van der Waals surface area contributed by atoms with Crippen molar-refractivity contribution in [3.63, 3.8) is 0 Å². The average Bonchev–Trinajstić information content (AvgIpc) is 2.39. The molecule has 1 aromatic rings. The summed E-state index contributed by atoms with van der Waals surface area (Å²) in [6, 6.07) is 8.51. The van der Waals surface area contributed by atoms with Crippen molar-refractivity contribution in [1.29, 1.82) is 0 Å². The van der Waals surface area contributed by atoms with Gasteiger partial charge in [0.15, 0.2) is 0 Å². The molecule has 1 aromatic carbocycles. The maximum atomic E-state index is 5.21. The SMILES string of the molecule is COc1ccc(CC(Br)C2CCCCCCC2)cc1. The quantitative estimate of drug-likeness (QED) is 0.677. The van der Waals surface area contributed by atoms with Gasteiger partial charge in [-0.1, -0.05) is 60.2 Å². The first kappa shape index (κ1) is 14.9. The molecule has 1 atom stereocenters. The molecule has 1 aliphatic carbocycles. The summed E-state index contributed by atoms with van der Waals surface area (Å²) in [5.74, 6) is 1.79. The predicted molar refractivity (Wildman–Crippen MR) is 85.2 cm³/mol. The highest BCUT2D eigenvalue weighted by atomic mass is 79.9. The van der Waals surface area contributed by atoms with Gasteiger partial charge in [-0.3, -0.25) is 0 Å². The van der Waals surface area contributed by atoms with Gasteiger partial charge in [0.2, 0.25) is 0 Å². The van der Waals surface area contributed by atoms with E-state index in [1.807, 2.05) is 0 Å². The molecule has 1 fully saturated rings. The van der Waals surface area contributed by atoms with Crippen molar-refractivity contribution in [3.05, 3.63) is 29.8 Å². The molecule has 0 amide bonds. The first-order chi connectivity index (χ1) is 9.29. The van der Waals surface area contributed by atoms with Crippen molar-refractivity contribution < 1.29 is 4.74 Å². The second-order valence-electron chi connectivity index (χ2n) is 5.67. The Morgan fingerprint density at radius 1 is 1.05 bits per heavy atom. The Kier molecular flexibility index (Phi) is 6.22. The first-order valence-corrected chi connectivity index (χ1v) is 8.48. The zero-order chi connectivity index (χ0) is 13.5. The van der Waals surface area contributed by atoms with Crippen LogP contribution in [0.5, 0.6) is 5.75 Å². The van der Waals surface area contributed by atoms with Crippen LogP contribution in [-0.4, -0.2) is 11.9 Å². The molecule has 2 heteroatoms. The zero-order valence-corrected chi connectivity index (χ0v) is 13.5. The van der Waals surface area contributed by atoms with E-state index in [2.05, 4.69) is 40.2 Å². The minimum Gasteiger partial charge on any atom is -0.497 e. The van der Waals surface area contributed by atoms with Crippen LogP contribution in [0.25, 0.3) is 0 Å². The second-order valence-corrected chi connectivity index (χ2v) is 6.85. The smallest absolute Gasteiger partial charge is 0.118 e. The fourth-order valence-corrected chi connectivity index (χ4v) is 3.91. The summed E-state index contributed by atoms with van der Waals surface area (Å²) >= 11 is 3.94. The Bertz CT molecular complexity index is 352. The molecule has 0 saturated heterocycles. The molecule has 0 spiro atoms. The summed E-state index contributed by atoms with van der Waals surface area (Å²) in [5, 5.41) is 0. The van der Waals surface area contributed by atoms with Crippen LogP contribution in [0.1, 0.15) is 50.5 Å². The third-order valence-electron chi connectivity index (χ3n) is 4.25. The lowest BCUT2D eigenvalue weighted by molar-refractivity contribution is 0.370. The minimum absolute atomic E-state index is 0.624. The van der Waals surface area contributed by atoms with E-state index in [0.29, 0.717) is 4.83 Å². The molecule has 0 aromatic heterocycles. The van der Waals surface area contributed by atoms with E-state index in [1.165, 1.54) is 50.5 Å². The number of ether oxygens (including phenoxy) is 1. The minimum atomic E-state index is 0.624. The lowest BCUT2D eigenvalue weighted by atomic mass is 9.87. The number of methoxy groups -OCH3 is 1. The highest BCUT2D eigenvalue weighted by Crippen LogP contribution is 2.30. The summed E-state index contributed by atoms with van der Waals surface area (Å²) in [6.45, 7) is 0. The molecule has 1 aliphatic rings. The van der Waals surface area contributed by atoms with Gasteiger partial charge in [-0.2, -0.15) is 0 Å². The summed E-state index contributed by atoms with van der Waals surface area (Å²) in [7, 11) is 1.72. The Balaban J connectivity index is 1.88. The van der Waals surface area contributed by atoms with E-state index < -0.39 is 0 Å². The van der Waals surface area contributed by atoms with Gasteiger partial charge >= 0.3 is 0 Å². The fraction of sp³-hybridized carbons (Fsp3) is 0.647. The molecular weight excluding hydrogens is 300 g/mol. The molecule has 0 radical (unpaired) electrons. The molecule has 19 heavy (non-hydrogen) atoms. The highest BCUT2D eigenvalue weighted by molar-refractivity contribution is 9.09. The van der Waals surface area contributed by atoms with Crippen LogP contribution in [0.2, 0.25) is 0 Å². The zero-order valence-electron chi connectivity index (χ0n) is 11.9. The molecule has 0 bridgehead atoms. The van der Waals surface area contributed by atoms with Crippen LogP contribution in [0.4, 0.5) is 0 Å². The first-order valence-electron chi connectivity index (χ1n) is 7.56. The Morgan fingerprint density at radius 2 is 1.63 bits per heavy atom. The number of hydrogen-bond acceptors (Lipinski definition) is 1. The number of benzene rings is 1. The largest absolute Gasteiger partial charge is 0.497 e. The number of alkyl halides is 1. The third-order valence-corrected chi connectivity index (χ3v) is 5.32. The van der Waals surface area contributed by atoms with Crippen LogP contribution < -0.4 is 4.74 Å². The molecule has 0 aliphatic heterocycles. The van der Waals surface area contributed by atoms with Gasteiger partial charge in [-0.25, -0.2) is 0 Å². The Hall–Kier alpha value is -0.500. The van der Waals surface area contributed by atoms with E-state index in [0.717, 1.165) is 18.1 Å². The number of hydrogen-bond donors (Lipinski definition) is 0. The van der Waals surface area contributed by atoms with Crippen molar-refractivity contribution in [3.8, 4) is 5.75 Å². The van der Waals surface area contributed by atoms with E-state index in [4.69, 9.17) is 4.74 Å². The van der Waals surface area contributed by atoms with Crippen molar-refractivity contribution in [2.45, 2.75) is 56.2 Å².